The third kappa shape index (κ3) is 1.33. The minimum Gasteiger partial charge on any atom is -0.326 e. The summed E-state index contributed by atoms with van der Waals surface area (Å²) in [5.74, 6) is 0. The Kier molecular flexibility index (Phi) is 2.02. The van der Waals surface area contributed by atoms with Gasteiger partial charge in [-0.2, -0.15) is 0 Å². The summed E-state index contributed by atoms with van der Waals surface area (Å²) in [6.45, 7) is 4.58. The van der Waals surface area contributed by atoms with Crippen molar-refractivity contribution < 1.29 is 0 Å². The maximum Gasteiger partial charge on any atom is 0.0417 e. The van der Waals surface area contributed by atoms with E-state index in [2.05, 4.69) is 11.1 Å². The molecular formula is C8H12N2. The van der Waals surface area contributed by atoms with Crippen molar-refractivity contribution in [2.45, 2.75) is 20.4 Å². The molecule has 0 amide bonds. The van der Waals surface area contributed by atoms with E-state index in [1.807, 2.05) is 20.0 Å². The van der Waals surface area contributed by atoms with Crippen molar-refractivity contribution in [3.63, 3.8) is 0 Å². The summed E-state index contributed by atoms with van der Waals surface area (Å²) in [6.07, 6.45) is 1.86. The number of aromatic nitrogens is 1. The van der Waals surface area contributed by atoms with Crippen molar-refractivity contribution in [3.8, 4) is 0 Å². The van der Waals surface area contributed by atoms with E-state index in [1.165, 1.54) is 5.56 Å². The molecule has 0 spiro atoms. The third-order valence-corrected chi connectivity index (χ3v) is 1.55. The smallest absolute Gasteiger partial charge is 0.0417 e. The number of pyridine rings is 1. The van der Waals surface area contributed by atoms with Gasteiger partial charge in [-0.15, -0.1) is 0 Å². The molecule has 1 aromatic rings. The van der Waals surface area contributed by atoms with E-state index in [9.17, 15) is 0 Å². The summed E-state index contributed by atoms with van der Waals surface area (Å²) in [6, 6.07) is 2.07. The van der Waals surface area contributed by atoms with E-state index in [1.54, 1.807) is 0 Å². The molecule has 0 bridgehead atoms. The van der Waals surface area contributed by atoms with E-state index < -0.39 is 0 Å². The van der Waals surface area contributed by atoms with E-state index in [4.69, 9.17) is 5.73 Å². The molecule has 0 aliphatic heterocycles. The van der Waals surface area contributed by atoms with Gasteiger partial charge in [0.25, 0.3) is 0 Å². The molecule has 0 unspecified atom stereocenters. The predicted octanol–water partition coefficient (Wildman–Crippen LogP) is 1.16. The van der Waals surface area contributed by atoms with Gasteiger partial charge < -0.3 is 5.73 Å². The second kappa shape index (κ2) is 2.80. The molecule has 2 N–H and O–H groups in total. The molecule has 0 aliphatic carbocycles. The second-order valence-electron chi connectivity index (χ2n) is 2.46. The van der Waals surface area contributed by atoms with Crippen LogP contribution in [0.2, 0.25) is 0 Å². The first-order valence-electron chi connectivity index (χ1n) is 3.36. The van der Waals surface area contributed by atoms with Gasteiger partial charge >= 0.3 is 0 Å². The number of aryl methyl sites for hydroxylation is 2. The van der Waals surface area contributed by atoms with Crippen LogP contribution in [0.4, 0.5) is 0 Å². The Morgan fingerprint density at radius 2 is 2.20 bits per heavy atom. The Bertz CT molecular complexity index is 231. The highest BCUT2D eigenvalue weighted by Crippen LogP contribution is 2.05. The van der Waals surface area contributed by atoms with Gasteiger partial charge in [0.2, 0.25) is 0 Å². The van der Waals surface area contributed by atoms with Crippen LogP contribution in [0.1, 0.15) is 16.8 Å². The zero-order valence-electron chi connectivity index (χ0n) is 6.39. The molecule has 10 heavy (non-hydrogen) atoms. The molecule has 0 atom stereocenters. The fourth-order valence-corrected chi connectivity index (χ4v) is 0.905. The van der Waals surface area contributed by atoms with Gasteiger partial charge in [0, 0.05) is 18.4 Å². The lowest BCUT2D eigenvalue weighted by atomic mass is 10.1. The van der Waals surface area contributed by atoms with Crippen molar-refractivity contribution in [2.75, 3.05) is 0 Å². The lowest BCUT2D eigenvalue weighted by molar-refractivity contribution is 0.998. The van der Waals surface area contributed by atoms with Crippen molar-refractivity contribution in [2.24, 2.45) is 5.73 Å². The van der Waals surface area contributed by atoms with E-state index in [0.717, 1.165) is 11.3 Å². The summed E-state index contributed by atoms with van der Waals surface area (Å²) < 4.78 is 0. The Balaban J connectivity index is 3.09. The zero-order valence-corrected chi connectivity index (χ0v) is 6.39. The van der Waals surface area contributed by atoms with Crippen LogP contribution in [0.25, 0.3) is 0 Å². The van der Waals surface area contributed by atoms with Crippen LogP contribution in [0.15, 0.2) is 12.3 Å². The molecule has 1 heterocycles. The number of hydrogen-bond acceptors (Lipinski definition) is 2. The highest BCUT2D eigenvalue weighted by atomic mass is 14.7. The predicted molar refractivity (Wildman–Crippen MR) is 41.6 cm³/mol. The Morgan fingerprint density at radius 1 is 1.50 bits per heavy atom. The number of nitrogens with zero attached hydrogens (tertiary/aromatic N) is 1. The van der Waals surface area contributed by atoms with Gasteiger partial charge in [0.1, 0.15) is 0 Å². The van der Waals surface area contributed by atoms with Crippen LogP contribution in [-0.2, 0) is 6.54 Å². The molecule has 1 rings (SSSR count). The van der Waals surface area contributed by atoms with Crippen LogP contribution >= 0.6 is 0 Å². The Hall–Kier alpha value is -0.890. The molecule has 2 heteroatoms. The molecule has 0 fully saturated rings. The van der Waals surface area contributed by atoms with Crippen LogP contribution in [0.3, 0.4) is 0 Å². The molecule has 2 nitrogen and oxygen atoms in total. The molecule has 0 aromatic carbocycles. The van der Waals surface area contributed by atoms with Crippen LogP contribution in [0.5, 0.6) is 0 Å². The summed E-state index contributed by atoms with van der Waals surface area (Å²) in [4.78, 5) is 4.17. The molecule has 54 valence electrons. The average molecular weight is 136 g/mol. The molecule has 0 saturated carbocycles. The normalized spacial score (nSPS) is 9.90. The van der Waals surface area contributed by atoms with Crippen LogP contribution in [-0.4, -0.2) is 4.98 Å². The average Bonchev–Trinajstić information content (AvgIpc) is 1.94. The lowest BCUT2D eigenvalue weighted by Crippen LogP contribution is -2.00. The Labute approximate surface area is 61.1 Å². The quantitative estimate of drug-likeness (QED) is 0.629. The highest BCUT2D eigenvalue weighted by molar-refractivity contribution is 5.23. The monoisotopic (exact) mass is 136 g/mol. The fourth-order valence-electron chi connectivity index (χ4n) is 0.905. The van der Waals surface area contributed by atoms with Crippen molar-refractivity contribution in [3.05, 3.63) is 29.1 Å². The highest BCUT2D eigenvalue weighted by Gasteiger charge is 1.95. The van der Waals surface area contributed by atoms with Crippen molar-refractivity contribution in [1.82, 2.24) is 4.98 Å². The minimum absolute atomic E-state index is 0.584. The molecule has 0 radical (unpaired) electrons. The molecule has 1 aromatic heterocycles. The number of nitrogens with two attached hydrogens (primary N) is 1. The molecular weight excluding hydrogens is 124 g/mol. The largest absolute Gasteiger partial charge is 0.326 e. The number of rotatable bonds is 1. The summed E-state index contributed by atoms with van der Waals surface area (Å²) >= 11 is 0. The second-order valence-corrected chi connectivity index (χ2v) is 2.46. The van der Waals surface area contributed by atoms with Gasteiger partial charge in [0.15, 0.2) is 0 Å². The number of hydrogen-bond donors (Lipinski definition) is 1. The fraction of sp³-hybridized carbons (Fsp3) is 0.375. The standard InChI is InChI=1S/C8H12N2/c1-6-3-8(4-9)7(2)10-5-6/h3,5H,4,9H2,1-2H3. The van der Waals surface area contributed by atoms with Crippen molar-refractivity contribution in [1.29, 1.82) is 0 Å². The van der Waals surface area contributed by atoms with E-state index in [0.29, 0.717) is 6.54 Å². The zero-order chi connectivity index (χ0) is 7.56. The summed E-state index contributed by atoms with van der Waals surface area (Å²) in [5, 5.41) is 0. The maximum absolute atomic E-state index is 5.48. The first-order chi connectivity index (χ1) is 4.74. The van der Waals surface area contributed by atoms with Gasteiger partial charge in [-0.3, -0.25) is 4.98 Å². The minimum atomic E-state index is 0.584. The Morgan fingerprint density at radius 3 is 2.70 bits per heavy atom. The lowest BCUT2D eigenvalue weighted by Gasteiger charge is -2.01. The summed E-state index contributed by atoms with van der Waals surface area (Å²) in [5.41, 5.74) is 8.83. The van der Waals surface area contributed by atoms with Gasteiger partial charge in [-0.05, 0) is 25.0 Å². The van der Waals surface area contributed by atoms with Gasteiger partial charge in [0.05, 0.1) is 0 Å². The van der Waals surface area contributed by atoms with E-state index in [-0.39, 0.29) is 0 Å². The maximum atomic E-state index is 5.48. The topological polar surface area (TPSA) is 38.9 Å². The summed E-state index contributed by atoms with van der Waals surface area (Å²) in [7, 11) is 0. The van der Waals surface area contributed by atoms with Crippen LogP contribution < -0.4 is 5.73 Å². The van der Waals surface area contributed by atoms with Crippen LogP contribution in [0, 0.1) is 13.8 Å². The van der Waals surface area contributed by atoms with Gasteiger partial charge in [-0.25, -0.2) is 0 Å². The first kappa shape index (κ1) is 7.22. The molecule has 0 saturated heterocycles. The van der Waals surface area contributed by atoms with E-state index >= 15 is 0 Å². The molecule has 0 aliphatic rings. The van der Waals surface area contributed by atoms with Crippen molar-refractivity contribution >= 4 is 0 Å². The van der Waals surface area contributed by atoms with Gasteiger partial charge in [-0.1, -0.05) is 6.07 Å². The third-order valence-electron chi connectivity index (χ3n) is 1.55. The first-order valence-corrected chi connectivity index (χ1v) is 3.36. The SMILES string of the molecule is Cc1cnc(C)c(CN)c1.